The highest BCUT2D eigenvalue weighted by Gasteiger charge is 2.05. The minimum Gasteiger partial charge on any atom is -0.494 e. The van der Waals surface area contributed by atoms with E-state index in [4.69, 9.17) is 9.47 Å². The number of rotatable bonds is 7. The minimum atomic E-state index is -0.400. The van der Waals surface area contributed by atoms with Crippen molar-refractivity contribution in [1.29, 1.82) is 0 Å². The molecule has 1 amide bonds. The molecule has 0 atom stereocenters. The number of ether oxygens (including phenoxy) is 2. The van der Waals surface area contributed by atoms with E-state index in [2.05, 4.69) is 21.2 Å². The van der Waals surface area contributed by atoms with E-state index in [1.54, 1.807) is 0 Å². The molecule has 0 fully saturated rings. The second kappa shape index (κ2) is 8.53. The first kappa shape index (κ1) is 15.5. The molecule has 0 saturated heterocycles. The Hall–Kier alpha value is -1.56. The predicted molar refractivity (Wildman–Crippen MR) is 73.9 cm³/mol. The monoisotopic (exact) mass is 329 g/mol. The van der Waals surface area contributed by atoms with Crippen molar-refractivity contribution in [3.05, 3.63) is 28.7 Å². The zero-order valence-corrected chi connectivity index (χ0v) is 12.2. The maximum atomic E-state index is 11.3. The Bertz CT molecular complexity index is 419. The van der Waals surface area contributed by atoms with Gasteiger partial charge >= 0.3 is 5.97 Å². The molecule has 1 N–H and O–H groups in total. The molecule has 0 spiro atoms. The molecule has 1 aromatic carbocycles. The van der Waals surface area contributed by atoms with Crippen LogP contribution in [-0.2, 0) is 14.3 Å². The quantitative estimate of drug-likeness (QED) is 0.613. The van der Waals surface area contributed by atoms with Crippen molar-refractivity contribution in [2.24, 2.45) is 0 Å². The third-order valence-corrected chi connectivity index (χ3v) is 2.78. The van der Waals surface area contributed by atoms with Crippen molar-refractivity contribution in [3.8, 4) is 5.75 Å². The maximum Gasteiger partial charge on any atom is 0.306 e. The Morgan fingerprint density at radius 3 is 2.58 bits per heavy atom. The maximum absolute atomic E-state index is 11.3. The predicted octanol–water partition coefficient (Wildman–Crippen LogP) is 1.90. The molecule has 0 heterocycles. The van der Waals surface area contributed by atoms with Gasteiger partial charge in [-0.2, -0.15) is 0 Å². The molecular formula is C13H16BrNO4. The Labute approximate surface area is 120 Å². The van der Waals surface area contributed by atoms with Crippen LogP contribution in [0.25, 0.3) is 0 Å². The van der Waals surface area contributed by atoms with Gasteiger partial charge in [-0.1, -0.05) is 15.9 Å². The van der Waals surface area contributed by atoms with Crippen LogP contribution in [-0.4, -0.2) is 32.1 Å². The zero-order valence-electron chi connectivity index (χ0n) is 10.6. The van der Waals surface area contributed by atoms with E-state index >= 15 is 0 Å². The third-order valence-electron chi connectivity index (χ3n) is 2.25. The first-order valence-corrected chi connectivity index (χ1v) is 6.65. The summed E-state index contributed by atoms with van der Waals surface area (Å²) in [5, 5.41) is 2.37. The van der Waals surface area contributed by atoms with Gasteiger partial charge < -0.3 is 14.8 Å². The number of esters is 1. The average molecular weight is 330 g/mol. The van der Waals surface area contributed by atoms with Gasteiger partial charge in [0.25, 0.3) is 5.91 Å². The van der Waals surface area contributed by atoms with Gasteiger partial charge in [0.2, 0.25) is 0 Å². The van der Waals surface area contributed by atoms with Gasteiger partial charge in [0.1, 0.15) is 5.75 Å². The molecule has 6 heteroatoms. The number of halogens is 1. The first-order chi connectivity index (χ1) is 9.11. The van der Waals surface area contributed by atoms with Crippen LogP contribution in [0.3, 0.4) is 0 Å². The summed E-state index contributed by atoms with van der Waals surface area (Å²) >= 11 is 3.33. The number of hydrogen-bond acceptors (Lipinski definition) is 4. The van der Waals surface area contributed by atoms with Crippen LogP contribution < -0.4 is 10.1 Å². The van der Waals surface area contributed by atoms with E-state index in [0.29, 0.717) is 13.0 Å². The standard InChI is InChI=1S/C13H16BrNO4/c1-15-12(16)9-19-13(17)3-2-8-18-11-6-4-10(14)5-7-11/h4-7H,2-3,8-9H2,1H3,(H,15,16). The minimum absolute atomic E-state index is 0.230. The molecule has 0 aromatic heterocycles. The van der Waals surface area contributed by atoms with Crippen LogP contribution in [0.15, 0.2) is 28.7 Å². The Morgan fingerprint density at radius 2 is 1.95 bits per heavy atom. The second-order valence-corrected chi connectivity index (χ2v) is 4.66. The molecule has 104 valence electrons. The second-order valence-electron chi connectivity index (χ2n) is 3.74. The number of benzene rings is 1. The Kier molecular flexibility index (Phi) is 6.95. The number of likely N-dealkylation sites (N-methyl/N-ethyl adjacent to an activating group) is 1. The molecule has 0 aliphatic heterocycles. The first-order valence-electron chi connectivity index (χ1n) is 5.86. The fraction of sp³-hybridized carbons (Fsp3) is 0.385. The van der Waals surface area contributed by atoms with E-state index < -0.39 is 5.97 Å². The van der Waals surface area contributed by atoms with Gasteiger partial charge in [0.15, 0.2) is 6.61 Å². The van der Waals surface area contributed by atoms with E-state index in [9.17, 15) is 9.59 Å². The number of carbonyl (C=O) groups excluding carboxylic acids is 2. The van der Waals surface area contributed by atoms with Crippen molar-refractivity contribution in [2.75, 3.05) is 20.3 Å². The van der Waals surface area contributed by atoms with Crippen LogP contribution in [0.4, 0.5) is 0 Å². The summed E-state index contributed by atoms with van der Waals surface area (Å²) in [4.78, 5) is 22.1. The van der Waals surface area contributed by atoms with Crippen molar-refractivity contribution in [3.63, 3.8) is 0 Å². The van der Waals surface area contributed by atoms with Crippen LogP contribution in [0, 0.1) is 0 Å². The topological polar surface area (TPSA) is 64.6 Å². The molecule has 0 radical (unpaired) electrons. The summed E-state index contributed by atoms with van der Waals surface area (Å²) < 4.78 is 11.2. The fourth-order valence-electron chi connectivity index (χ4n) is 1.23. The number of amides is 1. The van der Waals surface area contributed by atoms with E-state index in [1.165, 1.54) is 7.05 Å². The SMILES string of the molecule is CNC(=O)COC(=O)CCCOc1ccc(Br)cc1. The molecule has 0 unspecified atom stereocenters. The summed E-state index contributed by atoms with van der Waals surface area (Å²) in [6, 6.07) is 7.45. The average Bonchev–Trinajstić information content (AvgIpc) is 2.42. The molecule has 1 aromatic rings. The third kappa shape index (κ3) is 6.81. The molecule has 0 bridgehead atoms. The van der Waals surface area contributed by atoms with Gasteiger partial charge in [-0.15, -0.1) is 0 Å². The smallest absolute Gasteiger partial charge is 0.306 e. The van der Waals surface area contributed by atoms with Crippen molar-refractivity contribution >= 4 is 27.8 Å². The molecule has 19 heavy (non-hydrogen) atoms. The highest BCUT2D eigenvalue weighted by Crippen LogP contribution is 2.16. The highest BCUT2D eigenvalue weighted by molar-refractivity contribution is 9.10. The molecule has 0 aliphatic rings. The van der Waals surface area contributed by atoms with E-state index in [-0.39, 0.29) is 18.9 Å². The van der Waals surface area contributed by atoms with Gasteiger partial charge in [0.05, 0.1) is 6.61 Å². The number of carbonyl (C=O) groups is 2. The Morgan fingerprint density at radius 1 is 1.26 bits per heavy atom. The fourth-order valence-corrected chi connectivity index (χ4v) is 1.49. The summed E-state index contributed by atoms with van der Waals surface area (Å²) in [7, 11) is 1.49. The van der Waals surface area contributed by atoms with E-state index in [0.717, 1.165) is 10.2 Å². The summed E-state index contributed by atoms with van der Waals surface area (Å²) in [6.07, 6.45) is 0.774. The molecule has 0 saturated carbocycles. The molecule has 1 rings (SSSR count). The van der Waals surface area contributed by atoms with Crippen molar-refractivity contribution in [1.82, 2.24) is 5.32 Å². The van der Waals surface area contributed by atoms with Crippen LogP contribution in [0.1, 0.15) is 12.8 Å². The summed E-state index contributed by atoms with van der Waals surface area (Å²) in [5.74, 6) is 0.0318. The lowest BCUT2D eigenvalue weighted by Crippen LogP contribution is -2.25. The normalized spacial score (nSPS) is 9.79. The number of nitrogens with one attached hydrogen (secondary N) is 1. The number of hydrogen-bond donors (Lipinski definition) is 1. The lowest BCUT2D eigenvalue weighted by Gasteiger charge is -2.06. The van der Waals surface area contributed by atoms with Crippen LogP contribution in [0.2, 0.25) is 0 Å². The lowest BCUT2D eigenvalue weighted by atomic mass is 10.3. The highest BCUT2D eigenvalue weighted by atomic mass is 79.9. The van der Waals surface area contributed by atoms with Crippen LogP contribution >= 0.6 is 15.9 Å². The molecule has 0 aliphatic carbocycles. The molecular weight excluding hydrogens is 314 g/mol. The Balaban J connectivity index is 2.11. The lowest BCUT2D eigenvalue weighted by molar-refractivity contribution is -0.148. The van der Waals surface area contributed by atoms with Crippen molar-refractivity contribution in [2.45, 2.75) is 12.8 Å². The van der Waals surface area contributed by atoms with Crippen LogP contribution in [0.5, 0.6) is 5.75 Å². The summed E-state index contributed by atoms with van der Waals surface area (Å²) in [6.45, 7) is 0.194. The van der Waals surface area contributed by atoms with Gasteiger partial charge in [-0.3, -0.25) is 9.59 Å². The van der Waals surface area contributed by atoms with Gasteiger partial charge in [-0.05, 0) is 30.7 Å². The van der Waals surface area contributed by atoms with Gasteiger partial charge in [-0.25, -0.2) is 0 Å². The largest absolute Gasteiger partial charge is 0.494 e. The zero-order chi connectivity index (χ0) is 14.1. The van der Waals surface area contributed by atoms with E-state index in [1.807, 2.05) is 24.3 Å². The van der Waals surface area contributed by atoms with Gasteiger partial charge in [0, 0.05) is 17.9 Å². The molecule has 5 nitrogen and oxygen atoms in total. The van der Waals surface area contributed by atoms with Crippen molar-refractivity contribution < 1.29 is 19.1 Å². The summed E-state index contributed by atoms with van der Waals surface area (Å²) in [5.41, 5.74) is 0.